The Bertz CT molecular complexity index is 285. The van der Waals surface area contributed by atoms with Gasteiger partial charge in [0.2, 0.25) is 0 Å². The highest BCUT2D eigenvalue weighted by molar-refractivity contribution is 6.69. The summed E-state index contributed by atoms with van der Waals surface area (Å²) >= 11 is 0. The van der Waals surface area contributed by atoms with Crippen LogP contribution in [-0.2, 0) is 8.85 Å². The third-order valence-electron chi connectivity index (χ3n) is 5.81. The highest BCUT2D eigenvalue weighted by Crippen LogP contribution is 2.42. The van der Waals surface area contributed by atoms with Crippen LogP contribution in [0.25, 0.3) is 0 Å². The van der Waals surface area contributed by atoms with Crippen molar-refractivity contribution < 1.29 is 8.85 Å². The van der Waals surface area contributed by atoms with Crippen LogP contribution >= 0.6 is 0 Å². The highest BCUT2D eigenvalue weighted by Gasteiger charge is 2.46. The summed E-state index contributed by atoms with van der Waals surface area (Å²) in [7, 11) is -2.02. The fraction of sp³-hybridized carbons (Fsp3) is 1.00. The minimum absolute atomic E-state index is 0.408. The van der Waals surface area contributed by atoms with Gasteiger partial charge in [-0.25, -0.2) is 0 Å². The molecule has 0 saturated heterocycles. The first-order chi connectivity index (χ1) is 10.2. The largest absolute Gasteiger partial charge is 0.394 e. The van der Waals surface area contributed by atoms with Gasteiger partial charge in [-0.1, -0.05) is 45.4 Å². The molecule has 2 saturated carbocycles. The lowest BCUT2D eigenvalue weighted by Gasteiger charge is -2.42. The Kier molecular flexibility index (Phi) is 7.23. The quantitative estimate of drug-likeness (QED) is 0.553. The Morgan fingerprint density at radius 3 is 2.00 bits per heavy atom. The van der Waals surface area contributed by atoms with E-state index in [2.05, 4.69) is 20.8 Å². The summed E-state index contributed by atoms with van der Waals surface area (Å²) < 4.78 is 13.2. The summed E-state index contributed by atoms with van der Waals surface area (Å²) in [5, 5.41) is 0. The summed E-state index contributed by atoms with van der Waals surface area (Å²) in [6.45, 7) is 7.61. The van der Waals surface area contributed by atoms with Crippen LogP contribution in [0.1, 0.15) is 85.0 Å². The van der Waals surface area contributed by atoms with Gasteiger partial charge in [0.1, 0.15) is 0 Å². The molecule has 0 aromatic heterocycles. The van der Waals surface area contributed by atoms with Gasteiger partial charge in [-0.3, -0.25) is 0 Å². The molecule has 2 fully saturated rings. The highest BCUT2D eigenvalue weighted by atomic mass is 28.4. The second-order valence-electron chi connectivity index (χ2n) is 7.15. The third-order valence-corrected chi connectivity index (χ3v) is 10.2. The lowest BCUT2D eigenvalue weighted by molar-refractivity contribution is 0.0625. The van der Waals surface area contributed by atoms with Crippen molar-refractivity contribution in [2.24, 2.45) is 5.92 Å². The Morgan fingerprint density at radius 2 is 1.48 bits per heavy atom. The number of hydrogen-bond donors (Lipinski definition) is 0. The lowest BCUT2D eigenvalue weighted by atomic mass is 9.86. The molecule has 0 aromatic carbocycles. The second-order valence-corrected chi connectivity index (χ2v) is 10.8. The zero-order valence-corrected chi connectivity index (χ0v) is 15.5. The third kappa shape index (κ3) is 4.55. The Balaban J connectivity index is 2.02. The van der Waals surface area contributed by atoms with Crippen molar-refractivity contribution >= 4 is 8.56 Å². The van der Waals surface area contributed by atoms with E-state index in [0.717, 1.165) is 24.1 Å². The first-order valence-electron chi connectivity index (χ1n) is 9.53. The fourth-order valence-electron chi connectivity index (χ4n) is 4.52. The zero-order chi connectivity index (χ0) is 15.1. The van der Waals surface area contributed by atoms with E-state index in [1.165, 1.54) is 64.2 Å². The maximum atomic E-state index is 6.82. The predicted molar refractivity (Wildman–Crippen MR) is 91.8 cm³/mol. The Hall–Kier alpha value is 0.137. The molecule has 0 aliphatic heterocycles. The summed E-state index contributed by atoms with van der Waals surface area (Å²) in [6.07, 6.45) is 14.2. The van der Waals surface area contributed by atoms with Gasteiger partial charge in [-0.05, 0) is 51.5 Å². The summed E-state index contributed by atoms with van der Waals surface area (Å²) in [4.78, 5) is 0. The monoisotopic (exact) mass is 312 g/mol. The molecule has 2 aliphatic rings. The van der Waals surface area contributed by atoms with E-state index in [1.54, 1.807) is 0 Å². The van der Waals surface area contributed by atoms with E-state index in [0.29, 0.717) is 6.10 Å². The topological polar surface area (TPSA) is 18.5 Å². The maximum Gasteiger partial charge on any atom is 0.341 e. The molecule has 2 unspecified atom stereocenters. The lowest BCUT2D eigenvalue weighted by Crippen LogP contribution is -2.50. The molecule has 2 atom stereocenters. The van der Waals surface area contributed by atoms with Gasteiger partial charge in [0.15, 0.2) is 0 Å². The fourth-order valence-corrected chi connectivity index (χ4v) is 8.57. The van der Waals surface area contributed by atoms with Crippen LogP contribution in [0, 0.1) is 5.92 Å². The van der Waals surface area contributed by atoms with Gasteiger partial charge in [0.05, 0.1) is 0 Å². The van der Waals surface area contributed by atoms with Gasteiger partial charge in [0, 0.05) is 18.3 Å². The van der Waals surface area contributed by atoms with E-state index in [9.17, 15) is 0 Å². The van der Waals surface area contributed by atoms with Crippen molar-refractivity contribution in [1.82, 2.24) is 0 Å². The van der Waals surface area contributed by atoms with Gasteiger partial charge < -0.3 is 8.85 Å². The van der Waals surface area contributed by atoms with Crippen LogP contribution in [0.4, 0.5) is 0 Å². The van der Waals surface area contributed by atoms with Crippen molar-refractivity contribution in [1.29, 1.82) is 0 Å². The average molecular weight is 313 g/mol. The van der Waals surface area contributed by atoms with Gasteiger partial charge in [-0.2, -0.15) is 0 Å². The maximum absolute atomic E-state index is 6.82. The van der Waals surface area contributed by atoms with Crippen LogP contribution in [-0.4, -0.2) is 21.3 Å². The van der Waals surface area contributed by atoms with E-state index >= 15 is 0 Å². The molecule has 2 nitrogen and oxygen atoms in total. The van der Waals surface area contributed by atoms with Crippen molar-refractivity contribution in [3.8, 4) is 0 Å². The molecule has 3 heteroatoms. The standard InChI is InChI=1S/C18H36O2Si/c1-4-19-21(5-2,18-14-10-7-11-15-18)20-16(3)17-12-8-6-9-13-17/h16-18H,4-15H2,1-3H3. The average Bonchev–Trinajstić information content (AvgIpc) is 2.56. The molecule has 0 radical (unpaired) electrons. The first-order valence-corrected chi connectivity index (χ1v) is 11.6. The van der Waals surface area contributed by atoms with Crippen LogP contribution in [0.2, 0.25) is 11.6 Å². The van der Waals surface area contributed by atoms with Crippen LogP contribution < -0.4 is 0 Å². The molecule has 0 heterocycles. The van der Waals surface area contributed by atoms with E-state index in [4.69, 9.17) is 8.85 Å². The van der Waals surface area contributed by atoms with E-state index in [-0.39, 0.29) is 0 Å². The molecule has 0 bridgehead atoms. The summed E-state index contributed by atoms with van der Waals surface area (Å²) in [5.41, 5.74) is 0.738. The molecule has 0 amide bonds. The van der Waals surface area contributed by atoms with Gasteiger partial charge in [0.25, 0.3) is 0 Å². The number of rotatable bonds is 7. The predicted octanol–water partition coefficient (Wildman–Crippen LogP) is 5.80. The molecule has 0 aromatic rings. The van der Waals surface area contributed by atoms with Crippen molar-refractivity contribution in [3.05, 3.63) is 0 Å². The van der Waals surface area contributed by atoms with E-state index < -0.39 is 8.56 Å². The van der Waals surface area contributed by atoms with Crippen molar-refractivity contribution in [2.75, 3.05) is 6.61 Å². The molecule has 124 valence electrons. The van der Waals surface area contributed by atoms with Crippen molar-refractivity contribution in [3.63, 3.8) is 0 Å². The Labute approximate surface area is 133 Å². The Morgan fingerprint density at radius 1 is 0.905 bits per heavy atom. The zero-order valence-electron chi connectivity index (χ0n) is 14.5. The molecule has 2 aliphatic carbocycles. The molecule has 0 N–H and O–H groups in total. The molecular formula is C18H36O2Si. The molecule has 0 spiro atoms. The molecular weight excluding hydrogens is 276 g/mol. The summed E-state index contributed by atoms with van der Waals surface area (Å²) in [6, 6.07) is 1.13. The van der Waals surface area contributed by atoms with Crippen molar-refractivity contribution in [2.45, 2.75) is 103 Å². The summed E-state index contributed by atoms with van der Waals surface area (Å²) in [5.74, 6) is 0.779. The minimum Gasteiger partial charge on any atom is -0.394 e. The normalized spacial score (nSPS) is 26.4. The SMILES string of the molecule is CCO[Si](CC)(OC(C)C1CCCCC1)C1CCCCC1. The minimum atomic E-state index is -2.02. The first kappa shape index (κ1) is 17.5. The van der Waals surface area contributed by atoms with Crippen LogP contribution in [0.15, 0.2) is 0 Å². The number of hydrogen-bond acceptors (Lipinski definition) is 2. The van der Waals surface area contributed by atoms with Gasteiger partial charge >= 0.3 is 8.56 Å². The second kappa shape index (κ2) is 8.69. The smallest absolute Gasteiger partial charge is 0.341 e. The van der Waals surface area contributed by atoms with Gasteiger partial charge in [-0.15, -0.1) is 0 Å². The van der Waals surface area contributed by atoms with Crippen LogP contribution in [0.3, 0.4) is 0 Å². The molecule has 2 rings (SSSR count). The van der Waals surface area contributed by atoms with E-state index in [1.807, 2.05) is 0 Å². The van der Waals surface area contributed by atoms with Crippen LogP contribution in [0.5, 0.6) is 0 Å². The molecule has 21 heavy (non-hydrogen) atoms.